The van der Waals surface area contributed by atoms with E-state index in [9.17, 15) is 4.79 Å². The van der Waals surface area contributed by atoms with E-state index in [0.717, 1.165) is 28.0 Å². The van der Waals surface area contributed by atoms with Gasteiger partial charge in [-0.15, -0.1) is 0 Å². The Labute approximate surface area is 163 Å². The summed E-state index contributed by atoms with van der Waals surface area (Å²) in [6.07, 6.45) is 3.68. The molecule has 4 rings (SSSR count). The number of aliphatic imine (C=N–C) groups is 1. The highest BCUT2D eigenvalue weighted by molar-refractivity contribution is 6.14. The summed E-state index contributed by atoms with van der Waals surface area (Å²) >= 11 is 0. The number of pyridine rings is 1. The quantitative estimate of drug-likeness (QED) is 0.355. The van der Waals surface area contributed by atoms with Crippen LogP contribution in [0.4, 0.5) is 5.69 Å². The third-order valence-electron chi connectivity index (χ3n) is 4.45. The topological polar surface area (TPSA) is 43.1 Å². The summed E-state index contributed by atoms with van der Waals surface area (Å²) in [5.74, 6) is -0.326. The Morgan fingerprint density at radius 1 is 0.893 bits per heavy atom. The van der Waals surface area contributed by atoms with Gasteiger partial charge in [-0.25, -0.2) is 9.79 Å². The monoisotopic (exact) mass is 368 g/mol. The molecule has 0 amide bonds. The first-order valence-electron chi connectivity index (χ1n) is 9.23. The maximum absolute atomic E-state index is 12.1. The Morgan fingerprint density at radius 2 is 1.54 bits per heavy atom. The zero-order valence-corrected chi connectivity index (χ0v) is 15.6. The summed E-state index contributed by atoms with van der Waals surface area (Å²) in [7, 11) is 0. The minimum Gasteiger partial charge on any atom is -0.462 e. The molecule has 4 heteroatoms. The predicted molar refractivity (Wildman–Crippen MR) is 112 cm³/mol. The van der Waals surface area contributed by atoms with E-state index in [1.54, 1.807) is 13.1 Å². The van der Waals surface area contributed by atoms with E-state index in [1.165, 1.54) is 0 Å². The SMILES string of the molecule is CCOC(=O)c1cc2c(N=C(c3ccccc3)c3ccccc3)cccn2c1. The number of nitrogens with zero attached hydrogens (tertiary/aromatic N) is 2. The van der Waals surface area contributed by atoms with Crippen molar-refractivity contribution in [1.82, 2.24) is 4.40 Å². The molecule has 2 heterocycles. The molecule has 0 atom stereocenters. The molecule has 0 unspecified atom stereocenters. The molecule has 4 nitrogen and oxygen atoms in total. The van der Waals surface area contributed by atoms with E-state index in [2.05, 4.69) is 0 Å². The smallest absolute Gasteiger partial charge is 0.339 e. The number of esters is 1. The molecule has 4 aromatic rings. The fourth-order valence-electron chi connectivity index (χ4n) is 3.15. The van der Waals surface area contributed by atoms with Crippen molar-refractivity contribution in [2.75, 3.05) is 6.61 Å². The second-order valence-corrected chi connectivity index (χ2v) is 6.33. The van der Waals surface area contributed by atoms with Crippen molar-refractivity contribution in [3.8, 4) is 0 Å². The van der Waals surface area contributed by atoms with Gasteiger partial charge in [-0.3, -0.25) is 0 Å². The van der Waals surface area contributed by atoms with E-state index < -0.39 is 0 Å². The van der Waals surface area contributed by atoms with Crippen LogP contribution in [-0.2, 0) is 4.74 Å². The molecule has 2 aromatic carbocycles. The van der Waals surface area contributed by atoms with Gasteiger partial charge in [0.15, 0.2) is 0 Å². The van der Waals surface area contributed by atoms with Crippen molar-refractivity contribution >= 4 is 22.9 Å². The lowest BCUT2D eigenvalue weighted by molar-refractivity contribution is 0.0526. The average Bonchev–Trinajstić information content (AvgIpc) is 3.19. The first-order chi connectivity index (χ1) is 13.8. The zero-order valence-electron chi connectivity index (χ0n) is 15.6. The van der Waals surface area contributed by atoms with Gasteiger partial charge in [0.2, 0.25) is 0 Å². The second-order valence-electron chi connectivity index (χ2n) is 6.33. The van der Waals surface area contributed by atoms with Crippen molar-refractivity contribution < 1.29 is 9.53 Å². The molecule has 0 fully saturated rings. The standard InChI is InChI=1S/C24H20N2O2/c1-2-28-24(27)20-16-22-21(14-9-15-26(22)17-20)25-23(18-10-5-3-6-11-18)19-12-7-4-8-13-19/h3-17H,2H2,1H3. The molecule has 0 aliphatic heterocycles. The maximum atomic E-state index is 12.1. The van der Waals surface area contributed by atoms with Gasteiger partial charge < -0.3 is 9.14 Å². The average molecular weight is 368 g/mol. The van der Waals surface area contributed by atoms with Crippen LogP contribution in [0.15, 0.2) is 96.2 Å². The summed E-state index contributed by atoms with van der Waals surface area (Å²) in [6.45, 7) is 2.15. The molecule has 0 saturated carbocycles. The number of hydrogen-bond donors (Lipinski definition) is 0. The highest BCUT2D eigenvalue weighted by Gasteiger charge is 2.13. The van der Waals surface area contributed by atoms with E-state index in [4.69, 9.17) is 9.73 Å². The zero-order chi connectivity index (χ0) is 19.3. The molecule has 0 aliphatic rings. The third kappa shape index (κ3) is 3.58. The molecule has 0 N–H and O–H groups in total. The van der Waals surface area contributed by atoms with Crippen LogP contribution in [-0.4, -0.2) is 22.7 Å². The van der Waals surface area contributed by atoms with Crippen molar-refractivity contribution in [2.45, 2.75) is 6.92 Å². The van der Waals surface area contributed by atoms with Crippen LogP contribution in [0.5, 0.6) is 0 Å². The van der Waals surface area contributed by atoms with Crippen LogP contribution in [0.25, 0.3) is 5.52 Å². The fraction of sp³-hybridized carbons (Fsp3) is 0.0833. The number of fused-ring (bicyclic) bond motifs is 1. The Kier molecular flexibility index (Phi) is 5.02. The summed E-state index contributed by atoms with van der Waals surface area (Å²) in [6, 6.07) is 25.9. The number of hydrogen-bond acceptors (Lipinski definition) is 3. The normalized spacial score (nSPS) is 10.6. The molecular formula is C24H20N2O2. The summed E-state index contributed by atoms with van der Waals surface area (Å²) in [4.78, 5) is 17.1. The number of carbonyl (C=O) groups excluding carboxylic acids is 1. The van der Waals surface area contributed by atoms with Gasteiger partial charge in [0.1, 0.15) is 0 Å². The van der Waals surface area contributed by atoms with Crippen molar-refractivity contribution in [2.24, 2.45) is 4.99 Å². The second kappa shape index (κ2) is 7.92. The van der Waals surface area contributed by atoms with E-state index >= 15 is 0 Å². The number of benzene rings is 2. The molecular weight excluding hydrogens is 348 g/mol. The maximum Gasteiger partial charge on any atom is 0.339 e. The van der Waals surface area contributed by atoms with Crippen molar-refractivity contribution in [1.29, 1.82) is 0 Å². The van der Waals surface area contributed by atoms with E-state index in [1.807, 2.05) is 89.5 Å². The van der Waals surface area contributed by atoms with Crippen LogP contribution in [0.2, 0.25) is 0 Å². The number of aromatic nitrogens is 1. The Bertz CT molecular complexity index is 1090. The largest absolute Gasteiger partial charge is 0.462 e. The number of ether oxygens (including phenoxy) is 1. The van der Waals surface area contributed by atoms with Crippen LogP contribution in [0.1, 0.15) is 28.4 Å². The minimum atomic E-state index is -0.326. The van der Waals surface area contributed by atoms with Crippen molar-refractivity contribution in [3.63, 3.8) is 0 Å². The van der Waals surface area contributed by atoms with Gasteiger partial charge in [-0.2, -0.15) is 0 Å². The fourth-order valence-corrected chi connectivity index (χ4v) is 3.15. The minimum absolute atomic E-state index is 0.326. The lowest BCUT2D eigenvalue weighted by atomic mass is 10.0. The van der Waals surface area contributed by atoms with Gasteiger partial charge in [-0.05, 0) is 25.1 Å². The van der Waals surface area contributed by atoms with Crippen LogP contribution >= 0.6 is 0 Å². The molecule has 0 saturated heterocycles. The summed E-state index contributed by atoms with van der Waals surface area (Å²) < 4.78 is 7.03. The van der Waals surface area contributed by atoms with Gasteiger partial charge in [0.05, 0.1) is 29.1 Å². The Balaban J connectivity index is 1.87. The molecule has 2 aromatic heterocycles. The van der Waals surface area contributed by atoms with Gasteiger partial charge in [-0.1, -0.05) is 60.7 Å². The van der Waals surface area contributed by atoms with Gasteiger partial charge >= 0.3 is 5.97 Å². The third-order valence-corrected chi connectivity index (χ3v) is 4.45. The summed E-state index contributed by atoms with van der Waals surface area (Å²) in [5, 5.41) is 0. The molecule has 0 spiro atoms. The highest BCUT2D eigenvalue weighted by Crippen LogP contribution is 2.25. The first-order valence-corrected chi connectivity index (χ1v) is 9.23. The van der Waals surface area contributed by atoms with Gasteiger partial charge in [0, 0.05) is 23.5 Å². The molecule has 28 heavy (non-hydrogen) atoms. The lowest BCUT2D eigenvalue weighted by Crippen LogP contribution is -2.02. The molecule has 0 aliphatic carbocycles. The first kappa shape index (κ1) is 17.7. The number of rotatable bonds is 5. The molecule has 0 bridgehead atoms. The number of carbonyl (C=O) groups is 1. The van der Waals surface area contributed by atoms with Crippen LogP contribution in [0.3, 0.4) is 0 Å². The Hall–Kier alpha value is -3.66. The Morgan fingerprint density at radius 3 is 2.14 bits per heavy atom. The van der Waals surface area contributed by atoms with Crippen molar-refractivity contribution in [3.05, 3.63) is 108 Å². The molecule has 138 valence electrons. The molecule has 0 radical (unpaired) electrons. The van der Waals surface area contributed by atoms with E-state index in [0.29, 0.717) is 12.2 Å². The van der Waals surface area contributed by atoms with Crippen LogP contribution in [0, 0.1) is 0 Å². The predicted octanol–water partition coefficient (Wildman–Crippen LogP) is 5.29. The van der Waals surface area contributed by atoms with Gasteiger partial charge in [0.25, 0.3) is 0 Å². The van der Waals surface area contributed by atoms with Crippen LogP contribution < -0.4 is 0 Å². The highest BCUT2D eigenvalue weighted by atomic mass is 16.5. The van der Waals surface area contributed by atoms with E-state index in [-0.39, 0.29) is 5.97 Å². The lowest BCUT2D eigenvalue weighted by Gasteiger charge is -2.08. The summed E-state index contributed by atoms with van der Waals surface area (Å²) in [5.41, 5.74) is 5.12.